The van der Waals surface area contributed by atoms with Gasteiger partial charge in [-0.2, -0.15) is 0 Å². The predicted molar refractivity (Wildman–Crippen MR) is 99.7 cm³/mol. The summed E-state index contributed by atoms with van der Waals surface area (Å²) in [5, 5.41) is 2.87. The molecule has 1 N–H and O–H groups in total. The molecule has 1 aromatic rings. The van der Waals surface area contributed by atoms with Crippen molar-refractivity contribution in [2.45, 2.75) is 32.8 Å². The lowest BCUT2D eigenvalue weighted by Gasteiger charge is -2.35. The molecule has 7 heteroatoms. The van der Waals surface area contributed by atoms with Crippen molar-refractivity contribution in [3.63, 3.8) is 0 Å². The first-order chi connectivity index (χ1) is 12.6. The van der Waals surface area contributed by atoms with E-state index in [0.29, 0.717) is 24.4 Å². The van der Waals surface area contributed by atoms with E-state index in [0.717, 1.165) is 45.0 Å². The van der Waals surface area contributed by atoms with Gasteiger partial charge in [-0.3, -0.25) is 14.5 Å². The Balaban J connectivity index is 1.72. The second-order valence-corrected chi connectivity index (χ2v) is 6.68. The van der Waals surface area contributed by atoms with Crippen LogP contribution in [0.3, 0.4) is 0 Å². The minimum Gasteiger partial charge on any atom is -0.479 e. The Labute approximate surface area is 154 Å². The van der Waals surface area contributed by atoms with Crippen LogP contribution in [0.25, 0.3) is 0 Å². The van der Waals surface area contributed by atoms with Gasteiger partial charge in [0.2, 0.25) is 5.91 Å². The van der Waals surface area contributed by atoms with Gasteiger partial charge in [0, 0.05) is 44.4 Å². The molecule has 1 unspecified atom stereocenters. The molecule has 1 saturated heterocycles. The smallest absolute Gasteiger partial charge is 0.267 e. The van der Waals surface area contributed by atoms with Crippen molar-refractivity contribution < 1.29 is 19.1 Å². The van der Waals surface area contributed by atoms with Crippen LogP contribution in [-0.4, -0.2) is 62.2 Å². The van der Waals surface area contributed by atoms with Crippen LogP contribution < -0.4 is 15.0 Å². The Morgan fingerprint density at radius 1 is 1.27 bits per heavy atom. The maximum absolute atomic E-state index is 12.6. The predicted octanol–water partition coefficient (Wildman–Crippen LogP) is 1.87. The van der Waals surface area contributed by atoms with Crippen LogP contribution in [0, 0.1) is 0 Å². The van der Waals surface area contributed by atoms with Crippen molar-refractivity contribution in [3.8, 4) is 5.75 Å². The van der Waals surface area contributed by atoms with Crippen molar-refractivity contribution >= 4 is 23.2 Å². The number of nitrogens with zero attached hydrogens (tertiary/aromatic N) is 2. The zero-order chi connectivity index (χ0) is 18.5. The van der Waals surface area contributed by atoms with E-state index in [1.54, 1.807) is 17.9 Å². The molecule has 2 heterocycles. The number of benzene rings is 1. The number of nitrogens with one attached hydrogen (secondary N) is 1. The van der Waals surface area contributed by atoms with Gasteiger partial charge in [0.05, 0.1) is 18.9 Å². The van der Waals surface area contributed by atoms with Crippen molar-refractivity contribution in [2.24, 2.45) is 0 Å². The van der Waals surface area contributed by atoms with Gasteiger partial charge in [-0.05, 0) is 25.5 Å². The summed E-state index contributed by atoms with van der Waals surface area (Å²) in [6.07, 6.45) is 0.751. The zero-order valence-corrected chi connectivity index (χ0v) is 15.5. The minimum absolute atomic E-state index is 0.0171. The Kier molecular flexibility index (Phi) is 6.11. The number of carbonyl (C=O) groups is 2. The molecule has 0 aliphatic carbocycles. The lowest BCUT2D eigenvalue weighted by atomic mass is 10.1. The summed E-state index contributed by atoms with van der Waals surface area (Å²) >= 11 is 0. The quantitative estimate of drug-likeness (QED) is 0.838. The summed E-state index contributed by atoms with van der Waals surface area (Å²) in [5.41, 5.74) is 1.45. The molecule has 0 radical (unpaired) electrons. The highest BCUT2D eigenvalue weighted by Crippen LogP contribution is 2.36. The first-order valence-corrected chi connectivity index (χ1v) is 9.30. The second-order valence-electron chi connectivity index (χ2n) is 6.68. The number of carbonyl (C=O) groups excluding carboxylic acids is 2. The lowest BCUT2D eigenvalue weighted by Crippen LogP contribution is -2.48. The molecule has 2 amide bonds. The van der Waals surface area contributed by atoms with Gasteiger partial charge in [0.25, 0.3) is 5.91 Å². The average Bonchev–Trinajstić information content (AvgIpc) is 2.63. The van der Waals surface area contributed by atoms with Crippen LogP contribution in [0.2, 0.25) is 0 Å². The highest BCUT2D eigenvalue weighted by molar-refractivity contribution is 6.00. The van der Waals surface area contributed by atoms with E-state index >= 15 is 0 Å². The summed E-state index contributed by atoms with van der Waals surface area (Å²) in [4.78, 5) is 28.5. The molecule has 2 aliphatic rings. The topological polar surface area (TPSA) is 71.1 Å². The number of amides is 2. The molecule has 142 valence electrons. The van der Waals surface area contributed by atoms with E-state index in [4.69, 9.17) is 9.47 Å². The number of hydrogen-bond acceptors (Lipinski definition) is 5. The molecule has 0 spiro atoms. The summed E-state index contributed by atoms with van der Waals surface area (Å²) in [6.45, 7) is 8.41. The van der Waals surface area contributed by atoms with Gasteiger partial charge in [0.1, 0.15) is 5.75 Å². The molecule has 0 bridgehead atoms. The normalized spacial score (nSPS) is 20.5. The molecule has 2 aliphatic heterocycles. The molecular weight excluding hydrogens is 334 g/mol. The Hall–Kier alpha value is -2.12. The van der Waals surface area contributed by atoms with Crippen LogP contribution in [0.1, 0.15) is 26.7 Å². The number of fused-ring (bicyclic) bond motifs is 1. The van der Waals surface area contributed by atoms with Crippen LogP contribution in [-0.2, 0) is 14.3 Å². The molecule has 3 rings (SSSR count). The van der Waals surface area contributed by atoms with Crippen LogP contribution >= 0.6 is 0 Å². The highest BCUT2D eigenvalue weighted by atomic mass is 16.5. The lowest BCUT2D eigenvalue weighted by molar-refractivity contribution is -0.125. The van der Waals surface area contributed by atoms with E-state index in [9.17, 15) is 9.59 Å². The highest BCUT2D eigenvalue weighted by Gasteiger charge is 2.32. The molecule has 26 heavy (non-hydrogen) atoms. The van der Waals surface area contributed by atoms with E-state index in [2.05, 4.69) is 10.2 Å². The Morgan fingerprint density at radius 2 is 2.04 bits per heavy atom. The second kappa shape index (κ2) is 8.51. The molecule has 0 saturated carbocycles. The summed E-state index contributed by atoms with van der Waals surface area (Å²) in [5.74, 6) is 0.582. The number of ether oxygens (including phenoxy) is 2. The molecule has 1 fully saturated rings. The minimum atomic E-state index is -0.534. The third-order valence-corrected chi connectivity index (χ3v) is 4.67. The number of morpholine rings is 1. The van der Waals surface area contributed by atoms with Crippen LogP contribution in [0.5, 0.6) is 5.75 Å². The largest absolute Gasteiger partial charge is 0.479 e. The molecule has 1 aromatic carbocycles. The molecule has 7 nitrogen and oxygen atoms in total. The summed E-state index contributed by atoms with van der Waals surface area (Å²) in [6, 6.07) is 5.47. The van der Waals surface area contributed by atoms with E-state index in [1.165, 1.54) is 0 Å². The summed E-state index contributed by atoms with van der Waals surface area (Å²) in [7, 11) is 0. The van der Waals surface area contributed by atoms with Crippen molar-refractivity contribution in [3.05, 3.63) is 18.2 Å². The maximum atomic E-state index is 12.6. The fraction of sp³-hybridized carbons (Fsp3) is 0.579. The Bertz CT molecular complexity index is 658. The number of hydrogen-bond donors (Lipinski definition) is 1. The van der Waals surface area contributed by atoms with Crippen molar-refractivity contribution in [1.82, 2.24) is 4.90 Å². The van der Waals surface area contributed by atoms with Crippen molar-refractivity contribution in [1.29, 1.82) is 0 Å². The van der Waals surface area contributed by atoms with Gasteiger partial charge in [-0.1, -0.05) is 6.92 Å². The fourth-order valence-electron chi connectivity index (χ4n) is 3.24. The molecule has 0 aromatic heterocycles. The van der Waals surface area contributed by atoms with Gasteiger partial charge >= 0.3 is 0 Å². The van der Waals surface area contributed by atoms with Crippen LogP contribution in [0.4, 0.5) is 11.4 Å². The SMILES string of the molecule is CCCC(=O)Nc1ccc2c(c1)OC(C)C(=O)N2CCN1CCOCC1. The van der Waals surface area contributed by atoms with Gasteiger partial charge in [0.15, 0.2) is 6.10 Å². The molecule has 1 atom stereocenters. The average molecular weight is 361 g/mol. The summed E-state index contributed by atoms with van der Waals surface area (Å²) < 4.78 is 11.1. The van der Waals surface area contributed by atoms with Gasteiger partial charge in [-0.15, -0.1) is 0 Å². The van der Waals surface area contributed by atoms with Gasteiger partial charge in [-0.25, -0.2) is 0 Å². The van der Waals surface area contributed by atoms with Crippen molar-refractivity contribution in [2.75, 3.05) is 49.6 Å². The number of anilines is 2. The molecular formula is C19H27N3O4. The third-order valence-electron chi connectivity index (χ3n) is 4.67. The van der Waals surface area contributed by atoms with E-state index in [1.807, 2.05) is 19.1 Å². The number of rotatable bonds is 6. The maximum Gasteiger partial charge on any atom is 0.267 e. The monoisotopic (exact) mass is 361 g/mol. The van der Waals surface area contributed by atoms with Crippen LogP contribution in [0.15, 0.2) is 18.2 Å². The first kappa shape index (κ1) is 18.7. The Morgan fingerprint density at radius 3 is 2.77 bits per heavy atom. The third kappa shape index (κ3) is 4.34. The van der Waals surface area contributed by atoms with Gasteiger partial charge < -0.3 is 19.7 Å². The first-order valence-electron chi connectivity index (χ1n) is 9.30. The van der Waals surface area contributed by atoms with E-state index < -0.39 is 6.10 Å². The zero-order valence-electron chi connectivity index (χ0n) is 15.5. The van der Waals surface area contributed by atoms with E-state index in [-0.39, 0.29) is 11.8 Å². The fourth-order valence-corrected chi connectivity index (χ4v) is 3.24. The standard InChI is InChI=1S/C19H27N3O4/c1-3-4-18(23)20-15-5-6-16-17(13-15)26-14(2)19(24)22(16)8-7-21-9-11-25-12-10-21/h5-6,13-14H,3-4,7-12H2,1-2H3,(H,20,23).